The first-order chi connectivity index (χ1) is 9.86. The molecule has 0 unspecified atom stereocenters. The Balaban J connectivity index is 2.32. The van der Waals surface area contributed by atoms with Gasteiger partial charge in [0.2, 0.25) is 0 Å². The van der Waals surface area contributed by atoms with Crippen LogP contribution < -0.4 is 5.32 Å². The maximum Gasteiger partial charge on any atom is 0.0208 e. The Kier molecular flexibility index (Phi) is 5.82. The Morgan fingerprint density at radius 1 is 0.800 bits per heavy atom. The lowest BCUT2D eigenvalue weighted by atomic mass is 9.93. The van der Waals surface area contributed by atoms with E-state index >= 15 is 0 Å². The zero-order valence-electron chi connectivity index (χ0n) is 12.7. The predicted molar refractivity (Wildman–Crippen MR) is 87.9 cm³/mol. The summed E-state index contributed by atoms with van der Waals surface area (Å²) < 4.78 is 0. The van der Waals surface area contributed by atoms with Crippen LogP contribution in [0.15, 0.2) is 48.5 Å². The zero-order chi connectivity index (χ0) is 14.2. The fraction of sp³-hybridized carbons (Fsp3) is 0.368. The highest BCUT2D eigenvalue weighted by molar-refractivity contribution is 5.70. The third kappa shape index (κ3) is 3.71. The van der Waals surface area contributed by atoms with Gasteiger partial charge in [0.25, 0.3) is 0 Å². The molecule has 2 aromatic rings. The molecule has 0 aliphatic rings. The average Bonchev–Trinajstić information content (AvgIpc) is 2.49. The van der Waals surface area contributed by atoms with Crippen molar-refractivity contribution in [3.63, 3.8) is 0 Å². The molecule has 0 heterocycles. The summed E-state index contributed by atoms with van der Waals surface area (Å²) >= 11 is 0. The molecule has 0 amide bonds. The summed E-state index contributed by atoms with van der Waals surface area (Å²) in [5.41, 5.74) is 5.62. The van der Waals surface area contributed by atoms with Gasteiger partial charge in [-0.3, -0.25) is 0 Å². The summed E-state index contributed by atoms with van der Waals surface area (Å²) in [5, 5.41) is 3.27. The number of nitrogens with one attached hydrogen (secondary N) is 1. The van der Waals surface area contributed by atoms with Gasteiger partial charge in [0.1, 0.15) is 0 Å². The van der Waals surface area contributed by atoms with Crippen LogP contribution in [0.5, 0.6) is 0 Å². The van der Waals surface area contributed by atoms with E-state index in [9.17, 15) is 0 Å². The Morgan fingerprint density at radius 2 is 1.40 bits per heavy atom. The summed E-state index contributed by atoms with van der Waals surface area (Å²) in [6.07, 6.45) is 5.05. The minimum atomic E-state index is 0.916. The first-order valence-corrected chi connectivity index (χ1v) is 7.67. The highest BCUT2D eigenvalue weighted by Gasteiger charge is 2.08. The van der Waals surface area contributed by atoms with E-state index in [1.165, 1.54) is 47.9 Å². The summed E-state index contributed by atoms with van der Waals surface area (Å²) in [5.74, 6) is 0. The van der Waals surface area contributed by atoms with Crippen LogP contribution in [0.25, 0.3) is 11.1 Å². The fourth-order valence-electron chi connectivity index (χ4n) is 2.69. The molecule has 0 saturated carbocycles. The van der Waals surface area contributed by atoms with Crippen molar-refractivity contribution in [1.29, 1.82) is 0 Å². The molecule has 0 saturated heterocycles. The molecule has 20 heavy (non-hydrogen) atoms. The molecule has 2 aromatic carbocycles. The topological polar surface area (TPSA) is 12.0 Å². The second-order valence-electron chi connectivity index (χ2n) is 5.30. The van der Waals surface area contributed by atoms with Crippen molar-refractivity contribution in [2.45, 2.75) is 39.2 Å². The van der Waals surface area contributed by atoms with E-state index in [1.54, 1.807) is 0 Å². The van der Waals surface area contributed by atoms with Crippen molar-refractivity contribution < 1.29 is 0 Å². The van der Waals surface area contributed by atoms with Crippen LogP contribution in [-0.2, 0) is 13.0 Å². The number of hydrogen-bond donors (Lipinski definition) is 1. The molecule has 1 nitrogen and oxygen atoms in total. The summed E-state index contributed by atoms with van der Waals surface area (Å²) in [6, 6.07) is 17.6. The Labute approximate surface area is 123 Å². The van der Waals surface area contributed by atoms with Gasteiger partial charge in [-0.2, -0.15) is 0 Å². The average molecular weight is 267 g/mol. The van der Waals surface area contributed by atoms with Crippen LogP contribution in [0, 0.1) is 0 Å². The Hall–Kier alpha value is -1.60. The van der Waals surface area contributed by atoms with Gasteiger partial charge in [-0.1, -0.05) is 68.3 Å². The molecule has 1 heteroatoms. The van der Waals surface area contributed by atoms with E-state index < -0.39 is 0 Å². The number of aryl methyl sites for hydroxylation is 1. The molecule has 0 spiro atoms. The number of unbranched alkanes of at least 4 members (excludes halogenated alkanes) is 2. The van der Waals surface area contributed by atoms with E-state index in [4.69, 9.17) is 0 Å². The Bertz CT molecular complexity index is 531. The van der Waals surface area contributed by atoms with Crippen LogP contribution >= 0.6 is 0 Å². The lowest BCUT2D eigenvalue weighted by Gasteiger charge is -2.14. The van der Waals surface area contributed by atoms with Crippen LogP contribution in [0.2, 0.25) is 0 Å². The summed E-state index contributed by atoms with van der Waals surface area (Å²) in [6.45, 7) is 3.17. The van der Waals surface area contributed by atoms with Crippen LogP contribution in [-0.4, -0.2) is 7.05 Å². The zero-order valence-corrected chi connectivity index (χ0v) is 12.7. The first kappa shape index (κ1) is 14.8. The second-order valence-corrected chi connectivity index (χ2v) is 5.30. The van der Waals surface area contributed by atoms with Gasteiger partial charge in [0, 0.05) is 6.54 Å². The highest BCUT2D eigenvalue weighted by atomic mass is 14.8. The number of benzene rings is 2. The van der Waals surface area contributed by atoms with E-state index in [0.29, 0.717) is 0 Å². The maximum atomic E-state index is 3.27. The maximum absolute atomic E-state index is 3.27. The van der Waals surface area contributed by atoms with Gasteiger partial charge in [-0.15, -0.1) is 0 Å². The molecule has 1 N–H and O–H groups in total. The summed E-state index contributed by atoms with van der Waals surface area (Å²) in [4.78, 5) is 0. The van der Waals surface area contributed by atoms with Crippen molar-refractivity contribution in [1.82, 2.24) is 5.32 Å². The van der Waals surface area contributed by atoms with Gasteiger partial charge >= 0.3 is 0 Å². The third-order valence-corrected chi connectivity index (χ3v) is 3.74. The molecule has 0 radical (unpaired) electrons. The third-order valence-electron chi connectivity index (χ3n) is 3.74. The molecule has 0 atom stereocenters. The van der Waals surface area contributed by atoms with E-state index in [1.807, 2.05) is 7.05 Å². The smallest absolute Gasteiger partial charge is 0.0208 e. The largest absolute Gasteiger partial charge is 0.316 e. The molecule has 106 valence electrons. The molecule has 2 rings (SSSR count). The van der Waals surface area contributed by atoms with E-state index in [0.717, 1.165) is 6.54 Å². The quantitative estimate of drug-likeness (QED) is 0.710. The van der Waals surface area contributed by atoms with Crippen LogP contribution in [0.3, 0.4) is 0 Å². The standard InChI is InChI=1S/C19H25N/c1-3-4-5-10-16-11-6-8-13-18(16)19-14-9-7-12-17(19)15-20-2/h6-9,11-14,20H,3-5,10,15H2,1-2H3. The minimum absolute atomic E-state index is 0.916. The van der Waals surface area contributed by atoms with Gasteiger partial charge < -0.3 is 5.32 Å². The van der Waals surface area contributed by atoms with Gasteiger partial charge in [-0.25, -0.2) is 0 Å². The molecular weight excluding hydrogens is 242 g/mol. The molecular formula is C19H25N. The number of hydrogen-bond acceptors (Lipinski definition) is 1. The molecule has 0 bridgehead atoms. The van der Waals surface area contributed by atoms with Crippen molar-refractivity contribution in [3.8, 4) is 11.1 Å². The van der Waals surface area contributed by atoms with Crippen LogP contribution in [0.4, 0.5) is 0 Å². The lowest BCUT2D eigenvalue weighted by molar-refractivity contribution is 0.718. The Morgan fingerprint density at radius 3 is 2.05 bits per heavy atom. The van der Waals surface area contributed by atoms with Crippen molar-refractivity contribution in [2.24, 2.45) is 0 Å². The fourth-order valence-corrected chi connectivity index (χ4v) is 2.69. The first-order valence-electron chi connectivity index (χ1n) is 7.67. The van der Waals surface area contributed by atoms with E-state index in [2.05, 4.69) is 60.8 Å². The van der Waals surface area contributed by atoms with Crippen molar-refractivity contribution in [2.75, 3.05) is 7.05 Å². The van der Waals surface area contributed by atoms with E-state index in [-0.39, 0.29) is 0 Å². The minimum Gasteiger partial charge on any atom is -0.316 e. The molecule has 0 aliphatic carbocycles. The van der Waals surface area contributed by atoms with Crippen molar-refractivity contribution in [3.05, 3.63) is 59.7 Å². The predicted octanol–water partition coefficient (Wildman–Crippen LogP) is 4.81. The molecule has 0 aliphatic heterocycles. The SMILES string of the molecule is CCCCCc1ccccc1-c1ccccc1CNC. The van der Waals surface area contributed by atoms with Gasteiger partial charge in [0.05, 0.1) is 0 Å². The van der Waals surface area contributed by atoms with Gasteiger partial charge in [0.15, 0.2) is 0 Å². The summed E-state index contributed by atoms with van der Waals surface area (Å²) in [7, 11) is 2.00. The highest BCUT2D eigenvalue weighted by Crippen LogP contribution is 2.28. The van der Waals surface area contributed by atoms with Gasteiger partial charge in [-0.05, 0) is 42.1 Å². The normalized spacial score (nSPS) is 10.7. The second kappa shape index (κ2) is 7.86. The monoisotopic (exact) mass is 267 g/mol. The molecule has 0 fully saturated rings. The molecule has 0 aromatic heterocycles. The lowest BCUT2D eigenvalue weighted by Crippen LogP contribution is -2.06. The number of rotatable bonds is 7. The van der Waals surface area contributed by atoms with Crippen LogP contribution in [0.1, 0.15) is 37.3 Å². The van der Waals surface area contributed by atoms with Crippen molar-refractivity contribution >= 4 is 0 Å².